The molecule has 0 atom stereocenters. The van der Waals surface area contributed by atoms with Gasteiger partial charge in [-0.05, 0) is 47.9 Å². The van der Waals surface area contributed by atoms with E-state index < -0.39 is 0 Å². The van der Waals surface area contributed by atoms with Crippen LogP contribution in [0.1, 0.15) is 6.42 Å². The molecule has 31 heavy (non-hydrogen) atoms. The summed E-state index contributed by atoms with van der Waals surface area (Å²) in [6.45, 7) is 7.74. The van der Waals surface area contributed by atoms with Crippen molar-refractivity contribution in [3.8, 4) is 11.1 Å². The quantitative estimate of drug-likeness (QED) is 0.430. The summed E-state index contributed by atoms with van der Waals surface area (Å²) in [4.78, 5) is 16.0. The number of hydrogen-bond acceptors (Lipinski definition) is 4. The molecule has 2 heterocycles. The molecule has 1 fully saturated rings. The number of hydrogen-bond donors (Lipinski definition) is 0. The molecule has 3 aromatic rings. The monoisotopic (exact) mass is 422 g/mol. The molecule has 0 saturated carbocycles. The van der Waals surface area contributed by atoms with E-state index in [9.17, 15) is 9.18 Å². The molecular formula is C24H27FN4O2. The Labute approximate surface area is 181 Å². The van der Waals surface area contributed by atoms with Gasteiger partial charge in [0.2, 0.25) is 5.91 Å². The number of amides is 1. The second-order valence-electron chi connectivity index (χ2n) is 7.65. The van der Waals surface area contributed by atoms with Crippen LogP contribution in [-0.4, -0.2) is 60.5 Å². The van der Waals surface area contributed by atoms with Crippen LogP contribution in [0.2, 0.25) is 0 Å². The molecule has 7 heteroatoms. The second-order valence-corrected chi connectivity index (χ2v) is 7.65. The summed E-state index contributed by atoms with van der Waals surface area (Å²) < 4.78 is 20.9. The molecule has 0 aliphatic carbocycles. The maximum atomic E-state index is 13.7. The van der Waals surface area contributed by atoms with Crippen LogP contribution in [0.15, 0.2) is 55.1 Å². The molecule has 6 nitrogen and oxygen atoms in total. The zero-order valence-electron chi connectivity index (χ0n) is 17.8. The van der Waals surface area contributed by atoms with Crippen LogP contribution in [-0.2, 0) is 16.1 Å². The molecule has 1 amide bonds. The zero-order chi connectivity index (χ0) is 21.8. The minimum absolute atomic E-state index is 0.0298. The molecule has 0 bridgehead atoms. The number of fused-ring (bicyclic) bond motifs is 1. The normalized spacial score (nSPS) is 14.3. The Morgan fingerprint density at radius 2 is 1.94 bits per heavy atom. The van der Waals surface area contributed by atoms with Crippen molar-refractivity contribution >= 4 is 22.6 Å². The van der Waals surface area contributed by atoms with Gasteiger partial charge in [-0.25, -0.2) is 9.07 Å². The number of methoxy groups -OCH3 is 1. The molecular weight excluding hydrogens is 395 g/mol. The number of aryl methyl sites for hydroxylation is 1. The lowest BCUT2D eigenvalue weighted by atomic mass is 10.0. The molecule has 1 saturated heterocycles. The number of halogens is 1. The van der Waals surface area contributed by atoms with E-state index >= 15 is 0 Å². The summed E-state index contributed by atoms with van der Waals surface area (Å²) in [6.07, 6.45) is 2.22. The molecule has 0 unspecified atom stereocenters. The smallest absolute Gasteiger partial charge is 0.246 e. The number of carbonyl (C=O) groups excluding carboxylic acids is 1. The van der Waals surface area contributed by atoms with Crippen molar-refractivity contribution in [2.24, 2.45) is 0 Å². The van der Waals surface area contributed by atoms with Crippen LogP contribution < -0.4 is 4.90 Å². The number of ether oxygens (including phenoxy) is 1. The highest BCUT2D eigenvalue weighted by Gasteiger charge is 2.24. The lowest BCUT2D eigenvalue weighted by Crippen LogP contribution is -2.49. The third-order valence-corrected chi connectivity index (χ3v) is 5.65. The van der Waals surface area contributed by atoms with Crippen LogP contribution in [0.4, 0.5) is 10.2 Å². The van der Waals surface area contributed by atoms with Crippen LogP contribution in [0.25, 0.3) is 22.0 Å². The Bertz CT molecular complexity index is 1090. The first-order valence-electron chi connectivity index (χ1n) is 10.5. The first kappa shape index (κ1) is 21.1. The highest BCUT2D eigenvalue weighted by atomic mass is 19.1. The fourth-order valence-electron chi connectivity index (χ4n) is 4.08. The summed E-state index contributed by atoms with van der Waals surface area (Å²) in [7, 11) is 1.70. The van der Waals surface area contributed by atoms with Gasteiger partial charge in [-0.2, -0.15) is 5.10 Å². The number of anilines is 1. The third-order valence-electron chi connectivity index (χ3n) is 5.65. The summed E-state index contributed by atoms with van der Waals surface area (Å²) in [6, 6.07) is 12.7. The molecule has 0 spiro atoms. The van der Waals surface area contributed by atoms with Gasteiger partial charge < -0.3 is 14.5 Å². The fraction of sp³-hybridized carbons (Fsp3) is 0.333. The Hall–Kier alpha value is -3.19. The number of piperazine rings is 1. The molecule has 1 aliphatic rings. The molecule has 2 aromatic carbocycles. The maximum Gasteiger partial charge on any atom is 0.246 e. The van der Waals surface area contributed by atoms with Gasteiger partial charge in [0.05, 0.1) is 5.52 Å². The van der Waals surface area contributed by atoms with Gasteiger partial charge in [0.1, 0.15) is 11.6 Å². The van der Waals surface area contributed by atoms with Crippen molar-refractivity contribution in [3.63, 3.8) is 0 Å². The number of carbonyl (C=O) groups is 1. The zero-order valence-corrected chi connectivity index (χ0v) is 17.8. The van der Waals surface area contributed by atoms with Crippen molar-refractivity contribution in [1.29, 1.82) is 0 Å². The van der Waals surface area contributed by atoms with E-state index in [4.69, 9.17) is 9.84 Å². The molecule has 4 rings (SSSR count). The molecule has 0 N–H and O–H groups in total. The summed E-state index contributed by atoms with van der Waals surface area (Å²) in [5.41, 5.74) is 2.63. The van der Waals surface area contributed by atoms with Crippen molar-refractivity contribution in [3.05, 3.63) is 60.9 Å². The van der Waals surface area contributed by atoms with Crippen LogP contribution >= 0.6 is 0 Å². The fourth-order valence-corrected chi connectivity index (χ4v) is 4.08. The first-order chi connectivity index (χ1) is 15.1. The minimum Gasteiger partial charge on any atom is -0.385 e. The topological polar surface area (TPSA) is 50.6 Å². The van der Waals surface area contributed by atoms with E-state index in [2.05, 4.69) is 17.5 Å². The van der Waals surface area contributed by atoms with Crippen LogP contribution in [0.3, 0.4) is 0 Å². The van der Waals surface area contributed by atoms with E-state index in [0.29, 0.717) is 19.7 Å². The summed E-state index contributed by atoms with van der Waals surface area (Å²) in [5.74, 6) is 0.774. The number of aromatic nitrogens is 2. The van der Waals surface area contributed by atoms with Gasteiger partial charge >= 0.3 is 0 Å². The predicted octanol–water partition coefficient (Wildman–Crippen LogP) is 3.71. The van der Waals surface area contributed by atoms with E-state index in [-0.39, 0.29) is 11.7 Å². The molecule has 1 aliphatic heterocycles. The van der Waals surface area contributed by atoms with Crippen LogP contribution in [0.5, 0.6) is 0 Å². The largest absolute Gasteiger partial charge is 0.385 e. The van der Waals surface area contributed by atoms with E-state index in [0.717, 1.165) is 53.9 Å². The van der Waals surface area contributed by atoms with Gasteiger partial charge in [-0.15, -0.1) is 0 Å². The summed E-state index contributed by atoms with van der Waals surface area (Å²) in [5, 5.41) is 5.92. The van der Waals surface area contributed by atoms with E-state index in [1.807, 2.05) is 27.8 Å². The highest BCUT2D eigenvalue weighted by Crippen LogP contribution is 2.32. The molecule has 1 aromatic heterocycles. The Morgan fingerprint density at radius 3 is 2.65 bits per heavy atom. The standard InChI is InChI=1S/C24H27FN4O2/c1-3-23(30)27-11-13-28(14-12-27)24-21-9-8-19(18-6-4-7-20(25)16-18)17-22(21)26-29(24)10-5-15-31-2/h3-4,6-9,16-17H,1,5,10-15H2,2H3. The highest BCUT2D eigenvalue weighted by molar-refractivity contribution is 5.94. The number of nitrogens with zero attached hydrogens (tertiary/aromatic N) is 4. The van der Waals surface area contributed by atoms with Gasteiger partial charge in [0.15, 0.2) is 0 Å². The number of benzene rings is 2. The third kappa shape index (κ3) is 4.46. The van der Waals surface area contributed by atoms with Gasteiger partial charge in [-0.3, -0.25) is 4.79 Å². The Balaban J connectivity index is 1.67. The lowest BCUT2D eigenvalue weighted by molar-refractivity contribution is -0.126. The van der Waals surface area contributed by atoms with Crippen molar-refractivity contribution in [2.45, 2.75) is 13.0 Å². The van der Waals surface area contributed by atoms with Crippen LogP contribution in [0, 0.1) is 5.82 Å². The van der Waals surface area contributed by atoms with Gasteiger partial charge in [0.25, 0.3) is 0 Å². The second kappa shape index (κ2) is 9.31. The SMILES string of the molecule is C=CC(=O)N1CCN(c2c3ccc(-c4cccc(F)c4)cc3nn2CCCOC)CC1. The minimum atomic E-state index is -0.254. The summed E-state index contributed by atoms with van der Waals surface area (Å²) >= 11 is 0. The van der Waals surface area contributed by atoms with Gasteiger partial charge in [-0.1, -0.05) is 24.8 Å². The Kier molecular flexibility index (Phi) is 6.32. The molecule has 0 radical (unpaired) electrons. The maximum absolute atomic E-state index is 13.7. The van der Waals surface area contributed by atoms with Gasteiger partial charge in [0, 0.05) is 51.8 Å². The number of rotatable bonds is 7. The average molecular weight is 423 g/mol. The lowest BCUT2D eigenvalue weighted by Gasteiger charge is -2.35. The van der Waals surface area contributed by atoms with Crippen molar-refractivity contribution in [1.82, 2.24) is 14.7 Å². The van der Waals surface area contributed by atoms with E-state index in [1.165, 1.54) is 18.2 Å². The van der Waals surface area contributed by atoms with Crippen molar-refractivity contribution in [2.75, 3.05) is 44.8 Å². The average Bonchev–Trinajstić information content (AvgIpc) is 3.16. The Morgan fingerprint density at radius 1 is 1.16 bits per heavy atom. The first-order valence-corrected chi connectivity index (χ1v) is 10.5. The van der Waals surface area contributed by atoms with E-state index in [1.54, 1.807) is 13.2 Å². The van der Waals surface area contributed by atoms with Crippen molar-refractivity contribution < 1.29 is 13.9 Å². The predicted molar refractivity (Wildman–Crippen MR) is 121 cm³/mol. The molecule has 162 valence electrons.